The van der Waals surface area contributed by atoms with Gasteiger partial charge in [0, 0.05) is 24.0 Å². The molecule has 1 saturated heterocycles. The van der Waals surface area contributed by atoms with Gasteiger partial charge in [-0.3, -0.25) is 4.79 Å². The van der Waals surface area contributed by atoms with Gasteiger partial charge in [0.2, 0.25) is 0 Å². The molecule has 7 heteroatoms. The summed E-state index contributed by atoms with van der Waals surface area (Å²) in [6.07, 6.45) is 1.66. The SMILES string of the molecule is O=C(Nc1ccc(N2CCOCC2)nc1)c1oc2ccccc2c1COc1ccccc1. The normalized spacial score (nSPS) is 13.8. The Kier molecular flexibility index (Phi) is 5.72. The monoisotopic (exact) mass is 429 g/mol. The molecule has 2 aromatic carbocycles. The third-order valence-corrected chi connectivity index (χ3v) is 5.37. The molecule has 1 aliphatic heterocycles. The summed E-state index contributed by atoms with van der Waals surface area (Å²) in [5, 5.41) is 3.75. The molecule has 1 amide bonds. The molecule has 0 unspecified atom stereocenters. The first-order chi connectivity index (χ1) is 15.8. The van der Waals surface area contributed by atoms with E-state index in [1.54, 1.807) is 6.20 Å². The highest BCUT2D eigenvalue weighted by Crippen LogP contribution is 2.28. The van der Waals surface area contributed by atoms with Crippen molar-refractivity contribution >= 4 is 28.4 Å². The number of aromatic nitrogens is 1. The summed E-state index contributed by atoms with van der Waals surface area (Å²) >= 11 is 0. The molecule has 1 N–H and O–H groups in total. The van der Waals surface area contributed by atoms with Crippen LogP contribution in [0.15, 0.2) is 77.3 Å². The molecule has 0 atom stereocenters. The van der Waals surface area contributed by atoms with E-state index in [4.69, 9.17) is 13.9 Å². The minimum Gasteiger partial charge on any atom is -0.489 e. The van der Waals surface area contributed by atoms with Crippen molar-refractivity contribution in [1.29, 1.82) is 0 Å². The van der Waals surface area contributed by atoms with Crippen LogP contribution in [0.2, 0.25) is 0 Å². The molecule has 0 aliphatic carbocycles. The van der Waals surface area contributed by atoms with Crippen molar-refractivity contribution in [3.63, 3.8) is 0 Å². The molecule has 0 spiro atoms. The minimum absolute atomic E-state index is 0.220. The van der Waals surface area contributed by atoms with Gasteiger partial charge in [-0.05, 0) is 30.3 Å². The van der Waals surface area contributed by atoms with E-state index in [1.165, 1.54) is 0 Å². The maximum absolute atomic E-state index is 13.1. The fraction of sp³-hybridized carbons (Fsp3) is 0.200. The molecule has 7 nitrogen and oxygen atoms in total. The average molecular weight is 429 g/mol. The number of pyridine rings is 1. The lowest BCUT2D eigenvalue weighted by molar-refractivity contribution is 0.0995. The second kappa shape index (κ2) is 9.11. The van der Waals surface area contributed by atoms with Gasteiger partial charge in [-0.2, -0.15) is 0 Å². The van der Waals surface area contributed by atoms with Crippen LogP contribution in [0, 0.1) is 0 Å². The van der Waals surface area contributed by atoms with Crippen LogP contribution < -0.4 is 15.0 Å². The molecule has 0 radical (unpaired) electrons. The highest BCUT2D eigenvalue weighted by Gasteiger charge is 2.21. The number of nitrogens with zero attached hydrogens (tertiary/aromatic N) is 2. The lowest BCUT2D eigenvalue weighted by atomic mass is 10.1. The van der Waals surface area contributed by atoms with Crippen molar-refractivity contribution in [2.75, 3.05) is 36.5 Å². The van der Waals surface area contributed by atoms with Gasteiger partial charge in [0.15, 0.2) is 5.76 Å². The predicted molar refractivity (Wildman–Crippen MR) is 122 cm³/mol. The molecule has 1 aliphatic rings. The number of para-hydroxylation sites is 2. The molecule has 5 rings (SSSR count). The number of carbonyl (C=O) groups is 1. The smallest absolute Gasteiger partial charge is 0.291 e. The number of furan rings is 1. The van der Waals surface area contributed by atoms with Gasteiger partial charge in [0.05, 0.1) is 25.1 Å². The molecular weight excluding hydrogens is 406 g/mol. The number of ether oxygens (including phenoxy) is 2. The molecule has 162 valence electrons. The van der Waals surface area contributed by atoms with Crippen molar-refractivity contribution in [3.8, 4) is 5.75 Å². The van der Waals surface area contributed by atoms with E-state index in [9.17, 15) is 4.79 Å². The average Bonchev–Trinajstić information content (AvgIpc) is 3.23. The second-order valence-electron chi connectivity index (χ2n) is 7.47. The van der Waals surface area contributed by atoms with Crippen molar-refractivity contribution in [2.45, 2.75) is 6.61 Å². The second-order valence-corrected chi connectivity index (χ2v) is 7.47. The van der Waals surface area contributed by atoms with E-state index in [-0.39, 0.29) is 18.3 Å². The number of amides is 1. The summed E-state index contributed by atoms with van der Waals surface area (Å²) < 4.78 is 17.2. The number of benzene rings is 2. The zero-order valence-electron chi connectivity index (χ0n) is 17.5. The lowest BCUT2D eigenvalue weighted by Crippen LogP contribution is -2.36. The van der Waals surface area contributed by atoms with Gasteiger partial charge in [-0.1, -0.05) is 36.4 Å². The standard InChI is InChI=1S/C25H23N3O4/c29-25(27-18-10-11-23(26-16-18)28-12-14-30-15-13-28)24-21(17-31-19-6-2-1-3-7-19)20-8-4-5-9-22(20)32-24/h1-11,16H,12-15,17H2,(H,27,29). The maximum Gasteiger partial charge on any atom is 0.291 e. The topological polar surface area (TPSA) is 76.8 Å². The highest BCUT2D eigenvalue weighted by atomic mass is 16.5. The summed E-state index contributed by atoms with van der Waals surface area (Å²) in [7, 11) is 0. The van der Waals surface area contributed by atoms with Crippen molar-refractivity contribution in [2.24, 2.45) is 0 Å². The van der Waals surface area contributed by atoms with Gasteiger partial charge in [0.1, 0.15) is 23.8 Å². The predicted octanol–water partition coefficient (Wildman–Crippen LogP) is 4.50. The van der Waals surface area contributed by atoms with E-state index in [0.29, 0.717) is 30.0 Å². The molecule has 32 heavy (non-hydrogen) atoms. The Hall–Kier alpha value is -3.84. The molecule has 2 aromatic heterocycles. The van der Waals surface area contributed by atoms with Crippen LogP contribution in [-0.2, 0) is 11.3 Å². The molecule has 4 aromatic rings. The Morgan fingerprint density at radius 3 is 2.56 bits per heavy atom. The zero-order valence-corrected chi connectivity index (χ0v) is 17.5. The van der Waals surface area contributed by atoms with Crippen molar-refractivity contribution in [1.82, 2.24) is 4.98 Å². The van der Waals surface area contributed by atoms with Crippen molar-refractivity contribution in [3.05, 3.63) is 84.3 Å². The largest absolute Gasteiger partial charge is 0.489 e. The number of nitrogens with one attached hydrogen (secondary N) is 1. The van der Waals surface area contributed by atoms with E-state index in [2.05, 4.69) is 15.2 Å². The van der Waals surface area contributed by atoms with Crippen LogP contribution in [0.4, 0.5) is 11.5 Å². The van der Waals surface area contributed by atoms with Gasteiger partial charge >= 0.3 is 0 Å². The number of anilines is 2. The quantitative estimate of drug-likeness (QED) is 0.487. The third-order valence-electron chi connectivity index (χ3n) is 5.37. The van der Waals surface area contributed by atoms with Crippen LogP contribution >= 0.6 is 0 Å². The first-order valence-electron chi connectivity index (χ1n) is 10.6. The number of carbonyl (C=O) groups excluding carboxylic acids is 1. The van der Waals surface area contributed by atoms with Crippen molar-refractivity contribution < 1.29 is 18.7 Å². The molecule has 0 bridgehead atoms. The molecule has 1 fully saturated rings. The lowest BCUT2D eigenvalue weighted by Gasteiger charge is -2.27. The first-order valence-corrected chi connectivity index (χ1v) is 10.6. The van der Waals surface area contributed by atoms with E-state index in [0.717, 1.165) is 30.0 Å². The van der Waals surface area contributed by atoms with E-state index < -0.39 is 0 Å². The van der Waals surface area contributed by atoms with Gasteiger partial charge < -0.3 is 24.1 Å². The van der Waals surface area contributed by atoms with Gasteiger partial charge in [-0.25, -0.2) is 4.98 Å². The Morgan fingerprint density at radius 1 is 1.00 bits per heavy atom. The first kappa shape index (κ1) is 20.1. The summed E-state index contributed by atoms with van der Waals surface area (Å²) in [4.78, 5) is 19.7. The van der Waals surface area contributed by atoms with Crippen LogP contribution in [0.5, 0.6) is 5.75 Å². The highest BCUT2D eigenvalue weighted by molar-refractivity contribution is 6.06. The van der Waals surface area contributed by atoms with E-state index in [1.807, 2.05) is 66.7 Å². The van der Waals surface area contributed by atoms with Gasteiger partial charge in [0.25, 0.3) is 5.91 Å². The molecular formula is C25H23N3O4. The Labute approximate surface area is 185 Å². The summed E-state index contributed by atoms with van der Waals surface area (Å²) in [6.45, 7) is 3.23. The Balaban J connectivity index is 1.35. The number of fused-ring (bicyclic) bond motifs is 1. The van der Waals surface area contributed by atoms with Crippen LogP contribution in [0.3, 0.4) is 0 Å². The van der Waals surface area contributed by atoms with E-state index >= 15 is 0 Å². The summed E-state index contributed by atoms with van der Waals surface area (Å²) in [5.41, 5.74) is 1.95. The Morgan fingerprint density at radius 2 is 1.78 bits per heavy atom. The molecule has 3 heterocycles. The number of rotatable bonds is 6. The fourth-order valence-electron chi connectivity index (χ4n) is 3.73. The zero-order chi connectivity index (χ0) is 21.8. The number of hydrogen-bond acceptors (Lipinski definition) is 6. The minimum atomic E-state index is -0.339. The fourth-order valence-corrected chi connectivity index (χ4v) is 3.73. The maximum atomic E-state index is 13.1. The summed E-state index contributed by atoms with van der Waals surface area (Å²) in [6, 6.07) is 20.8. The van der Waals surface area contributed by atoms with Crippen LogP contribution in [-0.4, -0.2) is 37.2 Å². The molecule has 0 saturated carbocycles. The van der Waals surface area contributed by atoms with Crippen LogP contribution in [0.25, 0.3) is 11.0 Å². The Bertz CT molecular complexity index is 1200. The van der Waals surface area contributed by atoms with Gasteiger partial charge in [-0.15, -0.1) is 0 Å². The third kappa shape index (κ3) is 4.29. The van der Waals surface area contributed by atoms with Crippen LogP contribution in [0.1, 0.15) is 16.1 Å². The number of morpholine rings is 1. The summed E-state index contributed by atoms with van der Waals surface area (Å²) in [5.74, 6) is 1.49. The number of hydrogen-bond donors (Lipinski definition) is 1.